The van der Waals surface area contributed by atoms with Gasteiger partial charge in [-0.2, -0.15) is 5.10 Å². The number of halogens is 4. The summed E-state index contributed by atoms with van der Waals surface area (Å²) in [6, 6.07) is 16.5. The lowest BCUT2D eigenvalue weighted by Gasteiger charge is -2.23. The topological polar surface area (TPSA) is 73.7 Å². The molecule has 2 amide bonds. The first kappa shape index (κ1) is 23.5. The maximum atomic E-state index is 14.9. The number of phenols is 1. The molecule has 0 saturated carbocycles. The van der Waals surface area contributed by atoms with E-state index in [4.69, 9.17) is 23.2 Å². The van der Waals surface area contributed by atoms with Gasteiger partial charge in [0.05, 0.1) is 17.3 Å². The average Bonchev–Trinajstić information content (AvgIpc) is 2.80. The maximum Gasteiger partial charge on any atom is 0.335 e. The zero-order valence-electron chi connectivity index (χ0n) is 17.4. The monoisotopic (exact) mass is 499 g/mol. The van der Waals surface area contributed by atoms with E-state index in [1.807, 2.05) is 12.1 Å². The Morgan fingerprint density at radius 3 is 2.32 bits per heavy atom. The van der Waals surface area contributed by atoms with Crippen molar-refractivity contribution < 1.29 is 18.7 Å². The molecular weight excluding hydrogens is 483 g/mol. The summed E-state index contributed by atoms with van der Waals surface area (Å²) in [5, 5.41) is 18.6. The highest BCUT2D eigenvalue weighted by Crippen LogP contribution is 2.39. The fraction of sp³-hybridized carbons (Fsp3) is 0.0400. The van der Waals surface area contributed by atoms with Gasteiger partial charge >= 0.3 is 6.03 Å². The number of benzene rings is 4. The fourth-order valence-electron chi connectivity index (χ4n) is 3.62. The first-order chi connectivity index (χ1) is 16.4. The molecule has 0 spiro atoms. The van der Waals surface area contributed by atoms with Crippen LogP contribution in [0.5, 0.6) is 5.75 Å². The van der Waals surface area contributed by atoms with E-state index in [-0.39, 0.29) is 32.5 Å². The predicted octanol–water partition coefficient (Wildman–Crippen LogP) is 6.55. The number of urea groups is 1. The van der Waals surface area contributed by atoms with Crippen LogP contribution >= 0.6 is 23.2 Å². The maximum absolute atomic E-state index is 14.9. The number of rotatable bonds is 5. The summed E-state index contributed by atoms with van der Waals surface area (Å²) in [5.74, 6) is -1.45. The minimum absolute atomic E-state index is 0.00939. The third kappa shape index (κ3) is 4.81. The molecule has 0 radical (unpaired) electrons. The zero-order valence-corrected chi connectivity index (χ0v) is 18.9. The third-order valence-electron chi connectivity index (χ3n) is 5.16. The first-order valence-electron chi connectivity index (χ1n) is 10.0. The highest BCUT2D eigenvalue weighted by atomic mass is 35.5. The first-order valence-corrected chi connectivity index (χ1v) is 10.8. The van der Waals surface area contributed by atoms with Crippen LogP contribution in [0.1, 0.15) is 22.7 Å². The molecule has 0 aliphatic heterocycles. The van der Waals surface area contributed by atoms with E-state index in [2.05, 4.69) is 15.8 Å². The molecule has 0 saturated heterocycles. The van der Waals surface area contributed by atoms with Gasteiger partial charge in [0.1, 0.15) is 17.4 Å². The highest BCUT2D eigenvalue weighted by molar-refractivity contribution is 6.33. The number of fused-ring (bicyclic) bond motifs is 1. The van der Waals surface area contributed by atoms with Crippen molar-refractivity contribution in [1.82, 2.24) is 10.7 Å². The summed E-state index contributed by atoms with van der Waals surface area (Å²) in [5.41, 5.74) is 2.42. The predicted molar refractivity (Wildman–Crippen MR) is 130 cm³/mol. The summed E-state index contributed by atoms with van der Waals surface area (Å²) in [6.07, 6.45) is 1.05. The van der Waals surface area contributed by atoms with Crippen molar-refractivity contribution in [3.8, 4) is 5.75 Å². The molecule has 0 heterocycles. The van der Waals surface area contributed by atoms with Crippen LogP contribution < -0.4 is 10.7 Å². The Morgan fingerprint density at radius 2 is 1.59 bits per heavy atom. The number of nitrogens with one attached hydrogen (secondary N) is 2. The summed E-state index contributed by atoms with van der Waals surface area (Å²) in [4.78, 5) is 12.7. The smallest absolute Gasteiger partial charge is 0.335 e. The lowest BCUT2D eigenvalue weighted by molar-refractivity contribution is 0.239. The van der Waals surface area contributed by atoms with Gasteiger partial charge in [0.15, 0.2) is 0 Å². The van der Waals surface area contributed by atoms with Crippen LogP contribution in [0.15, 0.2) is 77.9 Å². The largest absolute Gasteiger partial charge is 0.508 e. The number of phenolic OH excluding ortho intramolecular Hbond substituents is 1. The molecule has 4 aromatic carbocycles. The molecule has 34 heavy (non-hydrogen) atoms. The van der Waals surface area contributed by atoms with Gasteiger partial charge in [-0.05, 0) is 41.1 Å². The SMILES string of the molecule is O=C(N/N=C/c1c(F)cccc1Cl)NC(c1c(F)cccc1Cl)c1c(O)ccc2ccccc12. The number of amides is 2. The molecule has 0 aromatic heterocycles. The molecule has 0 aliphatic rings. The van der Waals surface area contributed by atoms with Gasteiger partial charge in [0.25, 0.3) is 0 Å². The van der Waals surface area contributed by atoms with Crippen molar-refractivity contribution in [2.75, 3.05) is 0 Å². The minimum atomic E-state index is -1.17. The molecule has 4 rings (SSSR count). The molecule has 0 fully saturated rings. The number of hydrogen-bond donors (Lipinski definition) is 3. The number of carbonyl (C=O) groups excluding carboxylic acids is 1. The minimum Gasteiger partial charge on any atom is -0.508 e. The summed E-state index contributed by atoms with van der Waals surface area (Å²) < 4.78 is 28.8. The summed E-state index contributed by atoms with van der Waals surface area (Å²) in [7, 11) is 0. The second kappa shape index (κ2) is 10.1. The van der Waals surface area contributed by atoms with Crippen LogP contribution in [0, 0.1) is 11.6 Å². The highest BCUT2D eigenvalue weighted by Gasteiger charge is 2.27. The van der Waals surface area contributed by atoms with Crippen molar-refractivity contribution in [2.45, 2.75) is 6.04 Å². The van der Waals surface area contributed by atoms with Crippen LogP contribution in [-0.2, 0) is 0 Å². The Kier molecular flexibility index (Phi) is 6.95. The van der Waals surface area contributed by atoms with Crippen molar-refractivity contribution in [2.24, 2.45) is 5.10 Å². The van der Waals surface area contributed by atoms with Crippen LogP contribution in [0.4, 0.5) is 13.6 Å². The number of hydrogen-bond acceptors (Lipinski definition) is 3. The third-order valence-corrected chi connectivity index (χ3v) is 5.82. The molecule has 1 unspecified atom stereocenters. The molecule has 4 aromatic rings. The molecule has 5 nitrogen and oxygen atoms in total. The Bertz CT molecular complexity index is 1370. The number of aromatic hydroxyl groups is 1. The average molecular weight is 500 g/mol. The number of carbonyl (C=O) groups is 1. The van der Waals surface area contributed by atoms with E-state index in [1.54, 1.807) is 18.2 Å². The molecule has 0 bridgehead atoms. The number of hydrazone groups is 1. The fourth-order valence-corrected chi connectivity index (χ4v) is 4.10. The van der Waals surface area contributed by atoms with Crippen LogP contribution in [0.3, 0.4) is 0 Å². The Labute approximate surface area is 203 Å². The van der Waals surface area contributed by atoms with E-state index >= 15 is 0 Å². The van der Waals surface area contributed by atoms with E-state index in [1.165, 1.54) is 42.5 Å². The summed E-state index contributed by atoms with van der Waals surface area (Å²) in [6.45, 7) is 0. The van der Waals surface area contributed by atoms with Crippen molar-refractivity contribution in [1.29, 1.82) is 0 Å². The van der Waals surface area contributed by atoms with Gasteiger partial charge in [-0.25, -0.2) is 19.0 Å². The van der Waals surface area contributed by atoms with E-state index in [0.717, 1.165) is 11.6 Å². The molecule has 172 valence electrons. The molecule has 1 atom stereocenters. The molecule has 0 aliphatic carbocycles. The van der Waals surface area contributed by atoms with Crippen molar-refractivity contribution >= 4 is 46.2 Å². The van der Waals surface area contributed by atoms with E-state index < -0.39 is 23.7 Å². The Morgan fingerprint density at radius 1 is 0.882 bits per heavy atom. The van der Waals surface area contributed by atoms with Gasteiger partial charge < -0.3 is 10.4 Å². The standard InChI is InChI=1S/C25H17Cl2F2N3O2/c26-17-7-3-9-19(28)16(17)13-30-32-25(34)31-24(23-18(27)8-4-10-20(23)29)22-15-6-2-1-5-14(15)11-12-21(22)33/h1-13,24,33H,(H2,31,32,34)/b30-13+. The van der Waals surface area contributed by atoms with Gasteiger partial charge in [-0.1, -0.05) is 65.7 Å². The Balaban J connectivity index is 1.72. The van der Waals surface area contributed by atoms with Gasteiger partial charge in [-0.3, -0.25) is 0 Å². The normalized spacial score (nSPS) is 12.1. The second-order valence-electron chi connectivity index (χ2n) is 7.27. The van der Waals surface area contributed by atoms with Crippen molar-refractivity contribution in [3.63, 3.8) is 0 Å². The summed E-state index contributed by atoms with van der Waals surface area (Å²) >= 11 is 12.3. The lowest BCUT2D eigenvalue weighted by atomic mass is 9.92. The Hall–Kier alpha value is -3.68. The lowest BCUT2D eigenvalue weighted by Crippen LogP contribution is -2.36. The van der Waals surface area contributed by atoms with Crippen LogP contribution in [0.25, 0.3) is 10.8 Å². The zero-order chi connectivity index (χ0) is 24.2. The number of nitrogens with zero attached hydrogens (tertiary/aromatic N) is 1. The van der Waals surface area contributed by atoms with E-state index in [0.29, 0.717) is 5.39 Å². The molecule has 3 N–H and O–H groups in total. The molecular formula is C25H17Cl2F2N3O2. The van der Waals surface area contributed by atoms with Crippen LogP contribution in [-0.4, -0.2) is 17.4 Å². The van der Waals surface area contributed by atoms with Gasteiger partial charge in [0.2, 0.25) is 0 Å². The van der Waals surface area contributed by atoms with Gasteiger partial charge in [-0.15, -0.1) is 0 Å². The molecule has 9 heteroatoms. The second-order valence-corrected chi connectivity index (χ2v) is 8.08. The quantitative estimate of drug-likeness (QED) is 0.215. The van der Waals surface area contributed by atoms with Gasteiger partial charge in [0, 0.05) is 21.7 Å². The van der Waals surface area contributed by atoms with E-state index in [9.17, 15) is 18.7 Å². The van der Waals surface area contributed by atoms with Crippen molar-refractivity contribution in [3.05, 3.63) is 111 Å². The van der Waals surface area contributed by atoms with Crippen LogP contribution in [0.2, 0.25) is 10.0 Å².